The van der Waals surface area contributed by atoms with Gasteiger partial charge < -0.3 is 20.8 Å². The maximum atomic E-state index is 13.0. The first-order valence-electron chi connectivity index (χ1n) is 12.4. The van der Waals surface area contributed by atoms with Gasteiger partial charge in [0.1, 0.15) is 12.1 Å². The fraction of sp³-hybridized carbons (Fsp3) is 0.385. The third-order valence-electron chi connectivity index (χ3n) is 5.73. The van der Waals surface area contributed by atoms with Crippen LogP contribution in [0.25, 0.3) is 0 Å². The van der Waals surface area contributed by atoms with Crippen molar-refractivity contribution in [3.63, 3.8) is 0 Å². The van der Waals surface area contributed by atoms with Gasteiger partial charge in [-0.2, -0.15) is 23.5 Å². The van der Waals surface area contributed by atoms with Crippen LogP contribution in [-0.4, -0.2) is 91.6 Å². The Kier molecular flexibility index (Phi) is 14.1. The molecule has 2 atom stereocenters. The van der Waals surface area contributed by atoms with E-state index in [2.05, 4.69) is 21.3 Å². The standard InChI is InChI=1S/C26H34N4O8S3/c1-39-13-11-21(25(33)34)27-15-23(31)29-17-3-7-19(8-4-17)41(37,38)20-9-5-18(6-10-20)30-24(32)16-28-22(26(35)36)12-14-40-2/h3-10,21-22,27-28H,11-16H2,1-2H3,(H,29,31)(H,30,32)(H,33,34)(H,35,36). The quantitative estimate of drug-likeness (QED) is 0.141. The SMILES string of the molecule is CSCCC(NCC(=O)Nc1ccc(S(=O)(=O)c2ccc(NC(=O)CNC(CCSC)C(=O)O)cc2)cc1)C(=O)O. The molecule has 224 valence electrons. The molecule has 2 aromatic carbocycles. The Hall–Kier alpha value is -3.11. The third-order valence-corrected chi connectivity index (χ3v) is 8.81. The van der Waals surface area contributed by atoms with Crippen molar-refractivity contribution in [2.75, 3.05) is 47.7 Å². The summed E-state index contributed by atoms with van der Waals surface area (Å²) in [6.45, 7) is -0.439. The summed E-state index contributed by atoms with van der Waals surface area (Å²) in [4.78, 5) is 47.0. The maximum Gasteiger partial charge on any atom is 0.320 e. The molecule has 0 aliphatic heterocycles. The van der Waals surface area contributed by atoms with Gasteiger partial charge in [-0.1, -0.05) is 0 Å². The summed E-state index contributed by atoms with van der Waals surface area (Å²) in [5.74, 6) is -1.77. The zero-order valence-corrected chi connectivity index (χ0v) is 25.0. The van der Waals surface area contributed by atoms with Crippen LogP contribution in [0.15, 0.2) is 58.3 Å². The molecule has 6 N–H and O–H groups in total. The Morgan fingerprint density at radius 1 is 0.683 bits per heavy atom. The molecule has 2 rings (SSSR count). The lowest BCUT2D eigenvalue weighted by atomic mass is 10.2. The zero-order valence-electron chi connectivity index (χ0n) is 22.6. The second-order valence-electron chi connectivity index (χ2n) is 8.75. The first-order chi connectivity index (χ1) is 19.5. The van der Waals surface area contributed by atoms with Gasteiger partial charge in [0.2, 0.25) is 21.7 Å². The van der Waals surface area contributed by atoms with Crippen molar-refractivity contribution in [1.29, 1.82) is 0 Å². The number of carbonyl (C=O) groups excluding carboxylic acids is 2. The number of benzene rings is 2. The van der Waals surface area contributed by atoms with E-state index in [1.54, 1.807) is 0 Å². The van der Waals surface area contributed by atoms with Crippen molar-refractivity contribution in [3.05, 3.63) is 48.5 Å². The Labute approximate surface area is 247 Å². The Balaban J connectivity index is 1.94. The van der Waals surface area contributed by atoms with Crippen molar-refractivity contribution in [2.24, 2.45) is 0 Å². The zero-order chi connectivity index (χ0) is 30.4. The second kappa shape index (κ2) is 17.0. The van der Waals surface area contributed by atoms with E-state index in [-0.39, 0.29) is 22.9 Å². The molecular weight excluding hydrogens is 593 g/mol. The number of hydrogen-bond acceptors (Lipinski definition) is 10. The maximum absolute atomic E-state index is 13.0. The fourth-order valence-electron chi connectivity index (χ4n) is 3.51. The summed E-state index contributed by atoms with van der Waals surface area (Å²) in [7, 11) is -3.89. The minimum Gasteiger partial charge on any atom is -0.480 e. The monoisotopic (exact) mass is 626 g/mol. The molecule has 0 fully saturated rings. The molecule has 0 aromatic heterocycles. The Morgan fingerprint density at radius 2 is 1.02 bits per heavy atom. The molecule has 0 aliphatic rings. The van der Waals surface area contributed by atoms with Crippen LogP contribution in [-0.2, 0) is 29.0 Å². The van der Waals surface area contributed by atoms with Crippen molar-refractivity contribution >= 4 is 68.5 Å². The molecule has 0 radical (unpaired) electrons. The van der Waals surface area contributed by atoms with Crippen LogP contribution in [0.3, 0.4) is 0 Å². The lowest BCUT2D eigenvalue weighted by Gasteiger charge is -2.14. The number of anilines is 2. The van der Waals surface area contributed by atoms with Gasteiger partial charge in [-0.3, -0.25) is 29.8 Å². The van der Waals surface area contributed by atoms with Gasteiger partial charge in [-0.15, -0.1) is 0 Å². The van der Waals surface area contributed by atoms with E-state index in [1.165, 1.54) is 72.1 Å². The number of carbonyl (C=O) groups is 4. The van der Waals surface area contributed by atoms with Gasteiger partial charge in [0.25, 0.3) is 0 Å². The minimum atomic E-state index is -3.89. The molecule has 15 heteroatoms. The topological polar surface area (TPSA) is 191 Å². The third kappa shape index (κ3) is 11.4. The van der Waals surface area contributed by atoms with Crippen molar-refractivity contribution in [2.45, 2.75) is 34.7 Å². The predicted octanol–water partition coefficient (Wildman–Crippen LogP) is 1.99. The highest BCUT2D eigenvalue weighted by atomic mass is 32.2. The number of nitrogens with one attached hydrogen (secondary N) is 4. The minimum absolute atomic E-state index is 0.0115. The lowest BCUT2D eigenvalue weighted by molar-refractivity contribution is -0.140. The highest BCUT2D eigenvalue weighted by Gasteiger charge is 2.20. The van der Waals surface area contributed by atoms with Crippen molar-refractivity contribution < 1.29 is 37.8 Å². The van der Waals surface area contributed by atoms with Crippen LogP contribution in [0.1, 0.15) is 12.8 Å². The van der Waals surface area contributed by atoms with Crippen LogP contribution < -0.4 is 21.3 Å². The van der Waals surface area contributed by atoms with Gasteiger partial charge in [-0.25, -0.2) is 8.42 Å². The van der Waals surface area contributed by atoms with E-state index in [0.29, 0.717) is 35.7 Å². The highest BCUT2D eigenvalue weighted by molar-refractivity contribution is 7.98. The van der Waals surface area contributed by atoms with Crippen LogP contribution in [0, 0.1) is 0 Å². The average molecular weight is 627 g/mol. The first-order valence-corrected chi connectivity index (χ1v) is 16.7. The van der Waals surface area contributed by atoms with E-state index in [9.17, 15) is 37.8 Å². The molecule has 0 spiro atoms. The van der Waals surface area contributed by atoms with Crippen LogP contribution in [0.5, 0.6) is 0 Å². The molecule has 0 heterocycles. The van der Waals surface area contributed by atoms with Crippen LogP contribution in [0.4, 0.5) is 11.4 Å². The molecule has 0 bridgehead atoms. The number of thioether (sulfide) groups is 2. The van der Waals surface area contributed by atoms with E-state index in [4.69, 9.17) is 0 Å². The number of sulfone groups is 1. The number of aliphatic carboxylic acids is 2. The Morgan fingerprint density at radius 3 is 1.32 bits per heavy atom. The molecular formula is C26H34N4O8S3. The number of carboxylic acids is 2. The van der Waals surface area contributed by atoms with E-state index < -0.39 is 45.7 Å². The number of carboxylic acid groups (broad SMARTS) is 2. The predicted molar refractivity (Wildman–Crippen MR) is 160 cm³/mol. The summed E-state index contributed by atoms with van der Waals surface area (Å²) >= 11 is 3.01. The largest absolute Gasteiger partial charge is 0.480 e. The Bertz CT molecular complexity index is 1200. The second-order valence-corrected chi connectivity index (χ2v) is 12.7. The summed E-state index contributed by atoms with van der Waals surface area (Å²) < 4.78 is 26.1. The molecule has 2 aromatic rings. The van der Waals surface area contributed by atoms with E-state index in [0.717, 1.165) is 0 Å². The first kappa shape index (κ1) is 34.1. The van der Waals surface area contributed by atoms with Crippen LogP contribution >= 0.6 is 23.5 Å². The van der Waals surface area contributed by atoms with Gasteiger partial charge >= 0.3 is 11.9 Å². The van der Waals surface area contributed by atoms with Crippen molar-refractivity contribution in [3.8, 4) is 0 Å². The van der Waals surface area contributed by atoms with Gasteiger partial charge in [0, 0.05) is 11.4 Å². The summed E-state index contributed by atoms with van der Waals surface area (Å²) in [6.07, 6.45) is 4.46. The lowest BCUT2D eigenvalue weighted by Crippen LogP contribution is -2.41. The van der Waals surface area contributed by atoms with Crippen molar-refractivity contribution in [1.82, 2.24) is 10.6 Å². The molecule has 0 saturated carbocycles. The highest BCUT2D eigenvalue weighted by Crippen LogP contribution is 2.24. The summed E-state index contributed by atoms with van der Waals surface area (Å²) in [6, 6.07) is 9.38. The summed E-state index contributed by atoms with van der Waals surface area (Å²) in [5, 5.41) is 29.1. The number of rotatable bonds is 18. The van der Waals surface area contributed by atoms with Gasteiger partial charge in [0.15, 0.2) is 0 Å². The normalized spacial score (nSPS) is 12.7. The molecule has 2 unspecified atom stereocenters. The average Bonchev–Trinajstić information content (AvgIpc) is 2.93. The van der Waals surface area contributed by atoms with E-state index in [1.807, 2.05) is 12.5 Å². The molecule has 41 heavy (non-hydrogen) atoms. The van der Waals surface area contributed by atoms with E-state index >= 15 is 0 Å². The number of amides is 2. The van der Waals surface area contributed by atoms with Gasteiger partial charge in [-0.05, 0) is 85.4 Å². The molecule has 12 nitrogen and oxygen atoms in total. The molecule has 0 saturated heterocycles. The summed E-state index contributed by atoms with van der Waals surface area (Å²) in [5.41, 5.74) is 0.689. The van der Waals surface area contributed by atoms with Crippen LogP contribution in [0.2, 0.25) is 0 Å². The number of hydrogen-bond donors (Lipinski definition) is 6. The van der Waals surface area contributed by atoms with Gasteiger partial charge in [0.05, 0.1) is 22.9 Å². The smallest absolute Gasteiger partial charge is 0.320 e. The molecule has 2 amide bonds. The fourth-order valence-corrected chi connectivity index (χ4v) is 5.71. The molecule has 0 aliphatic carbocycles.